The van der Waals surface area contributed by atoms with Crippen molar-refractivity contribution < 1.29 is 9.53 Å². The summed E-state index contributed by atoms with van der Waals surface area (Å²) in [5.74, 6) is -0.346. The minimum absolute atomic E-state index is 0.0632. The Hall–Kier alpha value is -1.92. The Balaban J connectivity index is 1.99. The molecule has 0 saturated carbocycles. The van der Waals surface area contributed by atoms with Crippen molar-refractivity contribution in [1.82, 2.24) is 10.3 Å². The number of hydrogen-bond donors (Lipinski definition) is 2. The predicted octanol–water partition coefficient (Wildman–Crippen LogP) is 1.51. The highest BCUT2D eigenvalue weighted by atomic mass is 32.1. The highest BCUT2D eigenvalue weighted by molar-refractivity contribution is 7.07. The van der Waals surface area contributed by atoms with E-state index in [0.717, 1.165) is 22.6 Å². The first kappa shape index (κ1) is 13.5. The fourth-order valence-electron chi connectivity index (χ4n) is 1.72. The van der Waals surface area contributed by atoms with Crippen molar-refractivity contribution in [2.45, 2.75) is 13.1 Å². The molecule has 0 radical (unpaired) electrons. The zero-order chi connectivity index (χ0) is 13.7. The maximum Gasteiger partial charge on any atom is 0.338 e. The van der Waals surface area contributed by atoms with Gasteiger partial charge in [0.1, 0.15) is 0 Å². The molecule has 0 spiro atoms. The van der Waals surface area contributed by atoms with Gasteiger partial charge in [0.2, 0.25) is 0 Å². The van der Waals surface area contributed by atoms with E-state index in [4.69, 9.17) is 4.74 Å². The third-order valence-electron chi connectivity index (χ3n) is 2.62. The molecule has 0 aliphatic rings. The number of H-pyrrole nitrogens is 1. The minimum Gasteiger partial charge on any atom is -0.465 e. The number of methoxy groups -OCH3 is 1. The van der Waals surface area contributed by atoms with Crippen molar-refractivity contribution in [2.75, 3.05) is 7.11 Å². The van der Waals surface area contributed by atoms with Gasteiger partial charge in [-0.2, -0.15) is 0 Å². The van der Waals surface area contributed by atoms with E-state index in [9.17, 15) is 9.59 Å². The van der Waals surface area contributed by atoms with Crippen LogP contribution in [0.3, 0.4) is 0 Å². The van der Waals surface area contributed by atoms with E-state index in [1.54, 1.807) is 17.5 Å². The lowest BCUT2D eigenvalue weighted by Gasteiger charge is -2.08. The fraction of sp³-hybridized carbons (Fsp3) is 0.231. The van der Waals surface area contributed by atoms with Gasteiger partial charge in [0, 0.05) is 24.2 Å². The van der Waals surface area contributed by atoms with Gasteiger partial charge in [-0.1, -0.05) is 29.5 Å². The van der Waals surface area contributed by atoms with Gasteiger partial charge in [0.05, 0.1) is 12.7 Å². The Bertz CT molecular complexity index is 618. The number of ether oxygens (including phenoxy) is 1. The van der Waals surface area contributed by atoms with Crippen molar-refractivity contribution in [3.63, 3.8) is 0 Å². The van der Waals surface area contributed by atoms with Crippen LogP contribution in [0.5, 0.6) is 0 Å². The number of rotatable bonds is 5. The molecule has 0 unspecified atom stereocenters. The van der Waals surface area contributed by atoms with Gasteiger partial charge >= 0.3 is 10.8 Å². The van der Waals surface area contributed by atoms with Crippen molar-refractivity contribution in [1.29, 1.82) is 0 Å². The topological polar surface area (TPSA) is 71.2 Å². The Kier molecular flexibility index (Phi) is 4.48. The summed E-state index contributed by atoms with van der Waals surface area (Å²) < 4.78 is 4.73. The summed E-state index contributed by atoms with van der Waals surface area (Å²) in [4.78, 5) is 25.2. The van der Waals surface area contributed by atoms with Crippen molar-refractivity contribution in [3.8, 4) is 0 Å². The van der Waals surface area contributed by atoms with Crippen LogP contribution < -0.4 is 10.2 Å². The number of aromatic nitrogens is 1. The third kappa shape index (κ3) is 3.52. The summed E-state index contributed by atoms with van der Waals surface area (Å²) in [6.07, 6.45) is 0. The molecule has 0 aliphatic carbocycles. The second kappa shape index (κ2) is 6.31. The number of nitrogens with one attached hydrogen (secondary N) is 2. The number of carbonyl (C=O) groups excluding carboxylic acids is 1. The molecular weight excluding hydrogens is 264 g/mol. The molecule has 0 saturated heterocycles. The Morgan fingerprint density at radius 2 is 2.16 bits per heavy atom. The van der Waals surface area contributed by atoms with Crippen molar-refractivity contribution >= 4 is 17.3 Å². The number of carbonyl (C=O) groups is 1. The van der Waals surface area contributed by atoms with Crippen LogP contribution in [0.4, 0.5) is 0 Å². The van der Waals surface area contributed by atoms with Crippen LogP contribution in [-0.2, 0) is 17.8 Å². The van der Waals surface area contributed by atoms with Crippen LogP contribution in [0.15, 0.2) is 34.4 Å². The molecule has 100 valence electrons. The van der Waals surface area contributed by atoms with Gasteiger partial charge in [-0.25, -0.2) is 4.79 Å². The second-order valence-corrected chi connectivity index (χ2v) is 4.77. The van der Waals surface area contributed by atoms with Crippen LogP contribution in [0.25, 0.3) is 0 Å². The lowest BCUT2D eigenvalue weighted by Crippen LogP contribution is -2.16. The number of aromatic amines is 1. The zero-order valence-electron chi connectivity index (χ0n) is 10.4. The molecule has 0 atom stereocenters. The van der Waals surface area contributed by atoms with Crippen molar-refractivity contribution in [3.05, 3.63) is 56.1 Å². The van der Waals surface area contributed by atoms with Gasteiger partial charge in [-0.3, -0.25) is 4.79 Å². The monoisotopic (exact) mass is 278 g/mol. The SMILES string of the molecule is COC(=O)c1ccccc1CNCc1csc(=O)[nH]1. The molecule has 0 aliphatic heterocycles. The van der Waals surface area contributed by atoms with E-state index in [2.05, 4.69) is 10.3 Å². The maximum absolute atomic E-state index is 11.6. The van der Waals surface area contributed by atoms with Crippen LogP contribution in [0, 0.1) is 0 Å². The lowest BCUT2D eigenvalue weighted by molar-refractivity contribution is 0.0599. The molecule has 0 bridgehead atoms. The van der Waals surface area contributed by atoms with E-state index in [1.807, 2.05) is 12.1 Å². The Morgan fingerprint density at radius 1 is 1.37 bits per heavy atom. The van der Waals surface area contributed by atoms with E-state index >= 15 is 0 Å². The molecule has 1 aromatic heterocycles. The van der Waals surface area contributed by atoms with E-state index in [1.165, 1.54) is 7.11 Å². The Morgan fingerprint density at radius 3 is 2.84 bits per heavy atom. The summed E-state index contributed by atoms with van der Waals surface area (Å²) in [6.45, 7) is 1.08. The third-order valence-corrected chi connectivity index (χ3v) is 3.34. The second-order valence-electron chi connectivity index (χ2n) is 3.93. The molecule has 2 rings (SSSR count). The summed E-state index contributed by atoms with van der Waals surface area (Å²) in [5, 5.41) is 4.96. The predicted molar refractivity (Wildman–Crippen MR) is 73.3 cm³/mol. The molecule has 2 N–H and O–H groups in total. The first-order chi connectivity index (χ1) is 9.20. The van der Waals surface area contributed by atoms with E-state index in [-0.39, 0.29) is 10.8 Å². The standard InChI is InChI=1S/C13H14N2O3S/c1-18-12(16)11-5-3-2-4-9(11)6-14-7-10-8-19-13(17)15-10/h2-5,8,14H,6-7H2,1H3,(H,15,17). The highest BCUT2D eigenvalue weighted by Gasteiger charge is 2.10. The average molecular weight is 278 g/mol. The van der Waals surface area contributed by atoms with Crippen molar-refractivity contribution in [2.24, 2.45) is 0 Å². The molecule has 0 fully saturated rings. The molecule has 6 heteroatoms. The average Bonchev–Trinajstić information content (AvgIpc) is 2.84. The van der Waals surface area contributed by atoms with Gasteiger partial charge in [0.15, 0.2) is 0 Å². The normalized spacial score (nSPS) is 10.4. The van der Waals surface area contributed by atoms with Gasteiger partial charge in [-0.15, -0.1) is 0 Å². The van der Waals surface area contributed by atoms with Crippen LogP contribution in [-0.4, -0.2) is 18.1 Å². The van der Waals surface area contributed by atoms with Crippen LogP contribution >= 0.6 is 11.3 Å². The molecule has 1 aromatic carbocycles. The number of esters is 1. The van der Waals surface area contributed by atoms with E-state index < -0.39 is 0 Å². The number of thiazole rings is 1. The minimum atomic E-state index is -0.346. The summed E-state index contributed by atoms with van der Waals surface area (Å²) in [5.41, 5.74) is 2.26. The number of benzene rings is 1. The zero-order valence-corrected chi connectivity index (χ0v) is 11.3. The molecule has 1 heterocycles. The van der Waals surface area contributed by atoms with Gasteiger partial charge in [-0.05, 0) is 11.6 Å². The first-order valence-corrected chi connectivity index (χ1v) is 6.62. The van der Waals surface area contributed by atoms with Gasteiger partial charge in [0.25, 0.3) is 0 Å². The van der Waals surface area contributed by atoms with Crippen LogP contribution in [0.1, 0.15) is 21.6 Å². The summed E-state index contributed by atoms with van der Waals surface area (Å²) >= 11 is 1.14. The Labute approximate surface area is 114 Å². The highest BCUT2D eigenvalue weighted by Crippen LogP contribution is 2.10. The van der Waals surface area contributed by atoms with E-state index in [0.29, 0.717) is 18.7 Å². The summed E-state index contributed by atoms with van der Waals surface area (Å²) in [7, 11) is 1.36. The quantitative estimate of drug-likeness (QED) is 0.813. The molecule has 2 aromatic rings. The molecule has 5 nitrogen and oxygen atoms in total. The number of hydrogen-bond acceptors (Lipinski definition) is 5. The van der Waals surface area contributed by atoms with Crippen LogP contribution in [0.2, 0.25) is 0 Å². The summed E-state index contributed by atoms with van der Waals surface area (Å²) in [6, 6.07) is 7.27. The largest absolute Gasteiger partial charge is 0.465 e. The molecule has 0 amide bonds. The molecular formula is C13H14N2O3S. The first-order valence-electron chi connectivity index (χ1n) is 5.74. The lowest BCUT2D eigenvalue weighted by atomic mass is 10.1. The smallest absolute Gasteiger partial charge is 0.338 e. The van der Waals surface area contributed by atoms with Gasteiger partial charge < -0.3 is 15.0 Å². The maximum atomic E-state index is 11.6. The fourth-order valence-corrected chi connectivity index (χ4v) is 2.30. The molecule has 19 heavy (non-hydrogen) atoms.